The van der Waals surface area contributed by atoms with Gasteiger partial charge >= 0.3 is 5.97 Å². The molecule has 0 saturated carbocycles. The van der Waals surface area contributed by atoms with Crippen LogP contribution in [0.5, 0.6) is 5.75 Å². The van der Waals surface area contributed by atoms with Crippen LogP contribution in [-0.2, 0) is 9.53 Å². The van der Waals surface area contributed by atoms with Gasteiger partial charge in [-0.3, -0.25) is 9.79 Å². The molecule has 1 unspecified atom stereocenters. The first-order chi connectivity index (χ1) is 9.43. The van der Waals surface area contributed by atoms with Crippen molar-refractivity contribution in [3.05, 3.63) is 36.1 Å². The largest absolute Gasteiger partial charge is 0.497 e. The summed E-state index contributed by atoms with van der Waals surface area (Å²) in [4.78, 5) is 15.8. The molecular weight excluding hydrogens is 258 g/mol. The molecule has 0 aromatic heterocycles. The molecule has 2 rings (SSSR count). The van der Waals surface area contributed by atoms with Crippen LogP contribution in [0.15, 0.2) is 41.1 Å². The van der Waals surface area contributed by atoms with Gasteiger partial charge in [0.2, 0.25) is 0 Å². The number of rotatable bonds is 3. The first kappa shape index (κ1) is 14.3. The predicted molar refractivity (Wildman–Crippen MR) is 75.2 cm³/mol. The van der Waals surface area contributed by atoms with Gasteiger partial charge in [-0.05, 0) is 44.2 Å². The van der Waals surface area contributed by atoms with Crippen LogP contribution in [0.1, 0.15) is 20.3 Å². The second-order valence-electron chi connectivity index (χ2n) is 4.73. The highest BCUT2D eigenvalue weighted by molar-refractivity contribution is 5.98. The molecular formula is C15H17NO4. The highest BCUT2D eigenvalue weighted by atomic mass is 16.5. The average Bonchev–Trinajstić information content (AvgIpc) is 2.38. The van der Waals surface area contributed by atoms with Crippen LogP contribution in [0, 0.1) is 0 Å². The van der Waals surface area contributed by atoms with Gasteiger partial charge in [-0.1, -0.05) is 0 Å². The summed E-state index contributed by atoms with van der Waals surface area (Å²) in [5, 5.41) is 10.5. The topological polar surface area (TPSA) is 68.1 Å². The molecule has 0 bridgehead atoms. The van der Waals surface area contributed by atoms with E-state index in [-0.39, 0.29) is 6.42 Å². The third-order valence-electron chi connectivity index (χ3n) is 3.13. The fraction of sp³-hybridized carbons (Fsp3) is 0.333. The van der Waals surface area contributed by atoms with E-state index in [1.807, 2.05) is 0 Å². The second kappa shape index (κ2) is 5.46. The number of benzene rings is 1. The first-order valence-corrected chi connectivity index (χ1v) is 6.25. The van der Waals surface area contributed by atoms with Crippen LogP contribution in [0.2, 0.25) is 0 Å². The van der Waals surface area contributed by atoms with Gasteiger partial charge in [0.05, 0.1) is 24.9 Å². The lowest BCUT2D eigenvalue weighted by atomic mass is 9.92. The fourth-order valence-electron chi connectivity index (χ4n) is 2.03. The summed E-state index contributed by atoms with van der Waals surface area (Å²) in [6.45, 7) is 3.31. The standard InChI is InChI=1S/C15H17NO4/c1-10-8-15(18,9-14(17)20-10)11(2)16-12-4-6-13(19-3)7-5-12/h4-8,18H,9H2,1-3H3. The molecule has 1 heterocycles. The van der Waals surface area contributed by atoms with Gasteiger partial charge in [-0.25, -0.2) is 0 Å². The van der Waals surface area contributed by atoms with E-state index in [4.69, 9.17) is 9.47 Å². The monoisotopic (exact) mass is 275 g/mol. The van der Waals surface area contributed by atoms with Crippen LogP contribution in [0.3, 0.4) is 0 Å². The maximum absolute atomic E-state index is 11.4. The number of methoxy groups -OCH3 is 1. The summed E-state index contributed by atoms with van der Waals surface area (Å²) in [6, 6.07) is 7.13. The molecule has 1 aliphatic heterocycles. The van der Waals surface area contributed by atoms with E-state index >= 15 is 0 Å². The number of ether oxygens (including phenoxy) is 2. The van der Waals surface area contributed by atoms with E-state index < -0.39 is 11.6 Å². The van der Waals surface area contributed by atoms with Gasteiger partial charge in [-0.2, -0.15) is 0 Å². The van der Waals surface area contributed by atoms with E-state index in [1.165, 1.54) is 6.08 Å². The molecule has 1 aromatic rings. The van der Waals surface area contributed by atoms with Crippen molar-refractivity contribution in [1.29, 1.82) is 0 Å². The third kappa shape index (κ3) is 3.05. The predicted octanol–water partition coefficient (Wildman–Crippen LogP) is 2.37. The summed E-state index contributed by atoms with van der Waals surface area (Å²) in [6.07, 6.45) is 1.38. The van der Waals surface area contributed by atoms with Crippen LogP contribution >= 0.6 is 0 Å². The molecule has 0 radical (unpaired) electrons. The Morgan fingerprint density at radius 3 is 2.60 bits per heavy atom. The highest BCUT2D eigenvalue weighted by Crippen LogP contribution is 2.26. The molecule has 1 atom stereocenters. The lowest BCUT2D eigenvalue weighted by Crippen LogP contribution is -2.40. The smallest absolute Gasteiger partial charge is 0.314 e. The van der Waals surface area contributed by atoms with Crippen molar-refractivity contribution in [2.45, 2.75) is 25.9 Å². The van der Waals surface area contributed by atoms with Gasteiger partial charge in [-0.15, -0.1) is 0 Å². The quantitative estimate of drug-likeness (QED) is 0.679. The van der Waals surface area contributed by atoms with Crippen molar-refractivity contribution >= 4 is 17.4 Å². The number of hydrogen-bond donors (Lipinski definition) is 1. The Hall–Kier alpha value is -2.14. The van der Waals surface area contributed by atoms with E-state index in [0.29, 0.717) is 17.2 Å². The highest BCUT2D eigenvalue weighted by Gasteiger charge is 2.36. The van der Waals surface area contributed by atoms with Crippen molar-refractivity contribution in [3.63, 3.8) is 0 Å². The first-order valence-electron chi connectivity index (χ1n) is 6.25. The minimum absolute atomic E-state index is 0.129. The molecule has 1 N–H and O–H groups in total. The van der Waals surface area contributed by atoms with Crippen molar-refractivity contribution in [1.82, 2.24) is 0 Å². The van der Waals surface area contributed by atoms with E-state index in [0.717, 1.165) is 5.75 Å². The molecule has 106 valence electrons. The molecule has 1 aliphatic rings. The van der Waals surface area contributed by atoms with Crippen molar-refractivity contribution in [2.75, 3.05) is 7.11 Å². The molecule has 5 nitrogen and oxygen atoms in total. The van der Waals surface area contributed by atoms with E-state index in [2.05, 4.69) is 4.99 Å². The molecule has 1 aromatic carbocycles. The van der Waals surface area contributed by atoms with Crippen molar-refractivity contribution in [3.8, 4) is 5.75 Å². The summed E-state index contributed by atoms with van der Waals surface area (Å²) >= 11 is 0. The Balaban J connectivity index is 2.28. The Bertz CT molecular complexity index is 574. The summed E-state index contributed by atoms with van der Waals surface area (Å²) < 4.78 is 9.97. The molecule has 0 aliphatic carbocycles. The van der Waals surface area contributed by atoms with Gasteiger partial charge in [0.15, 0.2) is 0 Å². The third-order valence-corrected chi connectivity index (χ3v) is 3.13. The SMILES string of the molecule is COc1ccc(N=C(C)C2(O)C=C(C)OC(=O)C2)cc1. The molecule has 0 fully saturated rings. The number of carbonyl (C=O) groups is 1. The Morgan fingerprint density at radius 2 is 2.05 bits per heavy atom. The van der Waals surface area contributed by atoms with E-state index in [1.54, 1.807) is 45.2 Å². The maximum Gasteiger partial charge on any atom is 0.314 e. The number of cyclic esters (lactones) is 1. The molecule has 0 spiro atoms. The van der Waals surface area contributed by atoms with Gasteiger partial charge < -0.3 is 14.6 Å². The van der Waals surface area contributed by atoms with Crippen LogP contribution < -0.4 is 4.74 Å². The molecule has 20 heavy (non-hydrogen) atoms. The zero-order valence-electron chi connectivity index (χ0n) is 11.7. The number of esters is 1. The number of carbonyl (C=O) groups excluding carboxylic acids is 1. The Morgan fingerprint density at radius 1 is 1.40 bits per heavy atom. The maximum atomic E-state index is 11.4. The average molecular weight is 275 g/mol. The van der Waals surface area contributed by atoms with Crippen LogP contribution in [0.25, 0.3) is 0 Å². The number of allylic oxidation sites excluding steroid dienone is 1. The summed E-state index contributed by atoms with van der Waals surface area (Å²) in [7, 11) is 1.59. The van der Waals surface area contributed by atoms with Crippen LogP contribution in [-0.4, -0.2) is 29.5 Å². The van der Waals surface area contributed by atoms with Gasteiger partial charge in [0, 0.05) is 0 Å². The van der Waals surface area contributed by atoms with Gasteiger partial charge in [0.1, 0.15) is 17.1 Å². The van der Waals surface area contributed by atoms with Crippen LogP contribution in [0.4, 0.5) is 5.69 Å². The number of aliphatic hydroxyl groups is 1. The number of hydrogen-bond acceptors (Lipinski definition) is 5. The number of nitrogens with zero attached hydrogens (tertiary/aromatic N) is 1. The summed E-state index contributed by atoms with van der Waals surface area (Å²) in [5.74, 6) is 0.655. The van der Waals surface area contributed by atoms with Gasteiger partial charge in [0.25, 0.3) is 0 Å². The summed E-state index contributed by atoms with van der Waals surface area (Å²) in [5.41, 5.74) is -0.264. The minimum Gasteiger partial charge on any atom is -0.497 e. The second-order valence-corrected chi connectivity index (χ2v) is 4.73. The molecule has 0 saturated heterocycles. The fourth-order valence-corrected chi connectivity index (χ4v) is 2.03. The zero-order chi connectivity index (χ0) is 14.8. The molecule has 5 heteroatoms. The zero-order valence-corrected chi connectivity index (χ0v) is 11.7. The lowest BCUT2D eigenvalue weighted by molar-refractivity contribution is -0.143. The normalized spacial score (nSPS) is 23.1. The van der Waals surface area contributed by atoms with E-state index in [9.17, 15) is 9.90 Å². The minimum atomic E-state index is -1.39. The Kier molecular flexibility index (Phi) is 3.90. The Labute approximate surface area is 117 Å². The lowest BCUT2D eigenvalue weighted by Gasteiger charge is -2.28. The van der Waals surface area contributed by atoms with Crippen molar-refractivity contribution < 1.29 is 19.4 Å². The number of aliphatic imine (C=N–C) groups is 1. The molecule has 0 amide bonds. The van der Waals surface area contributed by atoms with Crippen molar-refractivity contribution in [2.24, 2.45) is 4.99 Å².